The van der Waals surface area contributed by atoms with Gasteiger partial charge in [-0.2, -0.15) is 4.98 Å². The van der Waals surface area contributed by atoms with E-state index >= 15 is 0 Å². The molecule has 0 radical (unpaired) electrons. The van der Waals surface area contributed by atoms with Gasteiger partial charge in [-0.1, -0.05) is 19.1 Å². The van der Waals surface area contributed by atoms with Crippen LogP contribution in [-0.2, 0) is 19.4 Å². The highest BCUT2D eigenvalue weighted by Gasteiger charge is 2.39. The van der Waals surface area contributed by atoms with Gasteiger partial charge in [0.2, 0.25) is 11.9 Å². The zero-order chi connectivity index (χ0) is 33.4. The summed E-state index contributed by atoms with van der Waals surface area (Å²) in [6.45, 7) is 6.62. The maximum Gasteiger partial charge on any atom is 0.246 e. The number of nitrogens with zero attached hydrogens (tertiary/aromatic N) is 6. The molecule has 3 aromatic rings. The Morgan fingerprint density at radius 2 is 1.85 bits per heavy atom. The smallest absolute Gasteiger partial charge is 0.246 e. The van der Waals surface area contributed by atoms with Gasteiger partial charge < -0.3 is 24.8 Å². The predicted octanol–water partition coefficient (Wildman–Crippen LogP) is 4.97. The molecular formula is C35H44FN7O4S. The Kier molecular flexibility index (Phi) is 9.25. The van der Waals surface area contributed by atoms with E-state index in [4.69, 9.17) is 9.72 Å². The lowest BCUT2D eigenvalue weighted by Gasteiger charge is -2.33. The lowest BCUT2D eigenvalue weighted by Crippen LogP contribution is -2.46. The zero-order valence-electron chi connectivity index (χ0n) is 27.4. The summed E-state index contributed by atoms with van der Waals surface area (Å²) < 4.78 is 45.8. The van der Waals surface area contributed by atoms with Crippen LogP contribution in [0.15, 0.2) is 49.3 Å². The number of ether oxygens (including phenoxy) is 1. The van der Waals surface area contributed by atoms with Gasteiger partial charge >= 0.3 is 0 Å². The Morgan fingerprint density at radius 3 is 2.65 bits per heavy atom. The molecule has 48 heavy (non-hydrogen) atoms. The maximum absolute atomic E-state index is 14.6. The Bertz CT molecular complexity index is 1790. The van der Waals surface area contributed by atoms with Crippen LogP contribution >= 0.6 is 0 Å². The monoisotopic (exact) mass is 677 g/mol. The van der Waals surface area contributed by atoms with Crippen molar-refractivity contribution < 1.29 is 22.3 Å². The third kappa shape index (κ3) is 6.34. The first-order valence-corrected chi connectivity index (χ1v) is 18.8. The number of anilines is 4. The van der Waals surface area contributed by atoms with E-state index in [0.29, 0.717) is 49.4 Å². The number of hydrogen-bond donors (Lipinski definition) is 1. The minimum absolute atomic E-state index is 0.0863. The molecule has 1 N–H and O–H groups in total. The quantitative estimate of drug-likeness (QED) is 0.327. The first-order valence-electron chi connectivity index (χ1n) is 17.1. The van der Waals surface area contributed by atoms with E-state index in [2.05, 4.69) is 38.9 Å². The van der Waals surface area contributed by atoms with E-state index in [-0.39, 0.29) is 29.7 Å². The molecule has 0 saturated carbocycles. The average molecular weight is 678 g/mol. The molecule has 0 aliphatic carbocycles. The van der Waals surface area contributed by atoms with Crippen LogP contribution in [0.3, 0.4) is 0 Å². The number of aromatic nitrogens is 3. The number of halogens is 1. The molecule has 4 aliphatic heterocycles. The first kappa shape index (κ1) is 32.7. The summed E-state index contributed by atoms with van der Waals surface area (Å²) in [7, 11) is -1.54. The fourth-order valence-electron chi connectivity index (χ4n) is 8.20. The summed E-state index contributed by atoms with van der Waals surface area (Å²) in [6, 6.07) is 7.89. The number of methoxy groups -OCH3 is 1. The fourth-order valence-corrected chi connectivity index (χ4v) is 10.4. The van der Waals surface area contributed by atoms with E-state index in [1.807, 2.05) is 22.1 Å². The van der Waals surface area contributed by atoms with Crippen LogP contribution in [0.4, 0.5) is 27.7 Å². The molecular weight excluding hydrogens is 633 g/mol. The molecule has 1 aromatic carbocycles. The summed E-state index contributed by atoms with van der Waals surface area (Å²) >= 11 is 0. The summed E-state index contributed by atoms with van der Waals surface area (Å²) in [5.41, 5.74) is 2.06. The van der Waals surface area contributed by atoms with Gasteiger partial charge in [-0.3, -0.25) is 4.79 Å². The number of alkyl halides is 1. The van der Waals surface area contributed by atoms with Gasteiger partial charge in [0.25, 0.3) is 0 Å². The van der Waals surface area contributed by atoms with Crippen molar-refractivity contribution in [2.75, 3.05) is 60.7 Å². The van der Waals surface area contributed by atoms with Gasteiger partial charge in [0.15, 0.2) is 9.84 Å². The number of sulfone groups is 1. The third-order valence-corrected chi connectivity index (χ3v) is 13.1. The molecule has 2 aromatic heterocycles. The highest BCUT2D eigenvalue weighted by Crippen LogP contribution is 2.42. The van der Waals surface area contributed by atoms with Gasteiger partial charge in [-0.15, -0.1) is 0 Å². The van der Waals surface area contributed by atoms with E-state index in [1.54, 1.807) is 12.3 Å². The molecule has 13 heteroatoms. The molecule has 5 atom stereocenters. The van der Waals surface area contributed by atoms with Crippen LogP contribution in [0.5, 0.6) is 0 Å². The molecule has 256 valence electrons. The lowest BCUT2D eigenvalue weighted by atomic mass is 9.96. The van der Waals surface area contributed by atoms with Crippen molar-refractivity contribution in [3.05, 3.63) is 54.9 Å². The van der Waals surface area contributed by atoms with Crippen molar-refractivity contribution in [3.8, 4) is 0 Å². The summed E-state index contributed by atoms with van der Waals surface area (Å²) in [4.78, 5) is 32.8. The normalized spacial score (nSPS) is 27.4. The summed E-state index contributed by atoms with van der Waals surface area (Å²) in [5, 5.41) is 5.00. The maximum atomic E-state index is 14.6. The van der Waals surface area contributed by atoms with E-state index in [9.17, 15) is 17.6 Å². The molecule has 4 aliphatic rings. The summed E-state index contributed by atoms with van der Waals surface area (Å²) in [5.74, 6) is 1.87. The topological polar surface area (TPSA) is 121 Å². The van der Waals surface area contributed by atoms with Crippen LogP contribution in [0.25, 0.3) is 10.8 Å². The number of carbonyl (C=O) groups is 1. The number of fused-ring (bicyclic) bond motifs is 1. The number of carbonyl (C=O) groups excluding carboxylic acids is 1. The predicted molar refractivity (Wildman–Crippen MR) is 185 cm³/mol. The van der Waals surface area contributed by atoms with Crippen molar-refractivity contribution in [2.24, 2.45) is 5.92 Å². The Hall–Kier alpha value is -3.84. The Balaban J connectivity index is 1.20. The second kappa shape index (κ2) is 13.6. The molecule has 7 rings (SSSR count). The van der Waals surface area contributed by atoms with Crippen molar-refractivity contribution >= 4 is 49.8 Å². The number of hydrogen-bond acceptors (Lipinski definition) is 10. The molecule has 1 amide bonds. The minimum atomic E-state index is -3.07. The highest BCUT2D eigenvalue weighted by atomic mass is 32.2. The number of benzene rings is 1. The number of piperidine rings is 1. The molecule has 4 fully saturated rings. The van der Waals surface area contributed by atoms with Crippen LogP contribution in [-0.4, -0.2) is 97.3 Å². The van der Waals surface area contributed by atoms with Gasteiger partial charge in [-0.25, -0.2) is 22.8 Å². The van der Waals surface area contributed by atoms with Crippen LogP contribution < -0.4 is 15.1 Å². The standard InChI is InChI=1S/C35H44FN7O4S/c1-3-34(44)43-15-6-7-29(43)24-9-10-28(41-16-12-23(21-41)31-8-4-5-18-48(31,45)46)26-20-38-33(19-25(24)26)39-32-11-14-37-35(40-32)42-17-13-30(47-2)27(36)22-42/h3,9-11,14,19-20,23,27,29-31H,1,4-8,12-13,15-18,21-22H2,2H3,(H,37,38,39,40)/t23-,27-,29+,30+,31+/m0/s1. The number of pyridine rings is 1. The number of nitrogens with one attached hydrogen (secondary N) is 1. The zero-order valence-corrected chi connectivity index (χ0v) is 28.2. The molecule has 0 spiro atoms. The minimum Gasteiger partial charge on any atom is -0.378 e. The Morgan fingerprint density at radius 1 is 1.00 bits per heavy atom. The van der Waals surface area contributed by atoms with Crippen molar-refractivity contribution in [2.45, 2.75) is 68.5 Å². The lowest BCUT2D eigenvalue weighted by molar-refractivity contribution is -0.126. The van der Waals surface area contributed by atoms with Crippen molar-refractivity contribution in [1.82, 2.24) is 19.9 Å². The van der Waals surface area contributed by atoms with Gasteiger partial charge in [0, 0.05) is 56.8 Å². The third-order valence-electron chi connectivity index (χ3n) is 10.7. The largest absolute Gasteiger partial charge is 0.378 e. The molecule has 0 bridgehead atoms. The van der Waals surface area contributed by atoms with Crippen LogP contribution in [0, 0.1) is 5.92 Å². The van der Waals surface area contributed by atoms with Crippen molar-refractivity contribution in [3.63, 3.8) is 0 Å². The SMILES string of the molecule is C=CC(=O)N1CCC[C@@H]1c1ccc(N2CC[C@H]([C@H]3CCCCS3(=O)=O)C2)c2cnc(Nc3ccnc(N4CC[C@@H](OC)[C@@H](F)C4)n3)cc12. The van der Waals surface area contributed by atoms with Crippen LogP contribution in [0.1, 0.15) is 56.6 Å². The van der Waals surface area contributed by atoms with Gasteiger partial charge in [0.05, 0.1) is 29.7 Å². The van der Waals surface area contributed by atoms with E-state index in [0.717, 1.165) is 67.1 Å². The Labute approximate surface area is 281 Å². The van der Waals surface area contributed by atoms with Crippen molar-refractivity contribution in [1.29, 1.82) is 0 Å². The second-order valence-corrected chi connectivity index (χ2v) is 15.8. The molecule has 4 saturated heterocycles. The highest BCUT2D eigenvalue weighted by molar-refractivity contribution is 7.92. The average Bonchev–Trinajstić information content (AvgIpc) is 3.78. The fraction of sp³-hybridized carbons (Fsp3) is 0.543. The van der Waals surface area contributed by atoms with Gasteiger partial charge in [0.1, 0.15) is 17.8 Å². The van der Waals surface area contributed by atoms with Gasteiger partial charge in [-0.05, 0) is 79.7 Å². The number of rotatable bonds is 8. The molecule has 0 unspecified atom stereocenters. The van der Waals surface area contributed by atoms with Crippen LogP contribution in [0.2, 0.25) is 0 Å². The number of likely N-dealkylation sites (tertiary alicyclic amines) is 1. The second-order valence-electron chi connectivity index (χ2n) is 13.5. The summed E-state index contributed by atoms with van der Waals surface area (Å²) in [6.07, 6.45) is 8.95. The van der Waals surface area contributed by atoms with E-state index < -0.39 is 22.1 Å². The molecule has 11 nitrogen and oxygen atoms in total. The first-order chi connectivity index (χ1) is 23.3. The van der Waals surface area contributed by atoms with E-state index in [1.165, 1.54) is 13.2 Å². The molecule has 6 heterocycles. The number of amides is 1.